The van der Waals surface area contributed by atoms with Gasteiger partial charge in [0.05, 0.1) is 44.2 Å². The predicted octanol–water partition coefficient (Wildman–Crippen LogP) is 3.62. The summed E-state index contributed by atoms with van der Waals surface area (Å²) in [4.78, 5) is 9.90. The second-order valence-corrected chi connectivity index (χ2v) is 8.18. The minimum atomic E-state index is -1.03. The van der Waals surface area contributed by atoms with Gasteiger partial charge in [0.1, 0.15) is 0 Å². The summed E-state index contributed by atoms with van der Waals surface area (Å²) in [5.41, 5.74) is 1.43. The van der Waals surface area contributed by atoms with Crippen molar-refractivity contribution in [1.29, 1.82) is 0 Å². The number of carbonyl (C=O) groups is 1. The highest BCUT2D eigenvalue weighted by Crippen LogP contribution is 2.51. The van der Waals surface area contributed by atoms with Crippen LogP contribution >= 0.6 is 0 Å². The summed E-state index contributed by atoms with van der Waals surface area (Å²) in [6.45, 7) is 12.1. The number of hydrogen-bond acceptors (Lipinski definition) is 5. The highest BCUT2D eigenvalue weighted by Gasteiger charge is 2.57. The van der Waals surface area contributed by atoms with Crippen LogP contribution in [0.2, 0.25) is 0 Å². The summed E-state index contributed by atoms with van der Waals surface area (Å²) < 4.78 is 21.5. The Morgan fingerprint density at radius 1 is 1.29 bits per heavy atom. The Balaban J connectivity index is 0.000000311. The predicted molar refractivity (Wildman–Crippen MR) is 109 cm³/mol. The molecule has 2 unspecified atom stereocenters. The van der Waals surface area contributed by atoms with Gasteiger partial charge in [-0.25, -0.2) is 4.79 Å². The average molecular weight is 402 g/mol. The van der Waals surface area contributed by atoms with Crippen LogP contribution in [0.25, 0.3) is 0 Å². The van der Waals surface area contributed by atoms with Gasteiger partial charge in [0.25, 0.3) is 0 Å². The zero-order valence-electron chi connectivity index (χ0n) is 18.2. The normalized spacial score (nSPS) is 23.5. The van der Waals surface area contributed by atoms with Crippen molar-refractivity contribution in [3.05, 3.63) is 11.6 Å². The number of epoxide rings is 1. The van der Waals surface area contributed by atoms with Crippen molar-refractivity contribution in [2.45, 2.75) is 64.6 Å². The first-order valence-corrected chi connectivity index (χ1v) is 10.2. The minimum Gasteiger partial charge on any atom is -0.465 e. The molecule has 1 saturated heterocycles. The maximum absolute atomic E-state index is 9.90. The lowest BCUT2D eigenvalue weighted by molar-refractivity contribution is -0.0842. The molecule has 0 aromatic heterocycles. The summed E-state index contributed by atoms with van der Waals surface area (Å²) in [5.74, 6) is 0.564. The summed E-state index contributed by atoms with van der Waals surface area (Å²) in [7, 11) is 1.58. The molecule has 1 saturated carbocycles. The van der Waals surface area contributed by atoms with Gasteiger partial charge in [0, 0.05) is 19.6 Å². The Morgan fingerprint density at radius 3 is 2.57 bits per heavy atom. The van der Waals surface area contributed by atoms with Crippen molar-refractivity contribution < 1.29 is 28.8 Å². The van der Waals surface area contributed by atoms with E-state index in [1.807, 2.05) is 0 Å². The molecule has 28 heavy (non-hydrogen) atoms. The Bertz CT molecular complexity index is 483. The molecule has 2 aliphatic rings. The van der Waals surface area contributed by atoms with Crippen molar-refractivity contribution in [3.8, 4) is 0 Å². The molecule has 164 valence electrons. The number of allylic oxidation sites excluding steroid dienone is 1. The van der Waals surface area contributed by atoms with Crippen molar-refractivity contribution >= 4 is 6.09 Å². The number of hydrogen-bond donors (Lipinski definition) is 2. The SMILES string of the molecule is CC(C)=CCOC(C)(C)C1CCCCC12CO2.COCCOCCNC(=O)O. The quantitative estimate of drug-likeness (QED) is 0.330. The first-order chi connectivity index (χ1) is 13.2. The second kappa shape index (κ2) is 12.4. The van der Waals surface area contributed by atoms with E-state index in [9.17, 15) is 4.79 Å². The molecule has 2 atom stereocenters. The van der Waals surface area contributed by atoms with Crippen LogP contribution in [0.3, 0.4) is 0 Å². The molecule has 1 spiro atoms. The molecule has 0 aromatic rings. The third-order valence-corrected chi connectivity index (χ3v) is 5.23. The lowest BCUT2D eigenvalue weighted by Crippen LogP contribution is -2.45. The van der Waals surface area contributed by atoms with Crippen LogP contribution in [0.5, 0.6) is 0 Å². The van der Waals surface area contributed by atoms with E-state index in [1.165, 1.54) is 31.3 Å². The van der Waals surface area contributed by atoms with Crippen LogP contribution < -0.4 is 5.32 Å². The first-order valence-electron chi connectivity index (χ1n) is 10.2. The standard InChI is InChI=1S/C15H26O2.C6H13NO4/c1-12(2)8-10-16-14(3,4)13-7-5-6-9-15(13)11-17-15;1-10-4-5-11-3-2-7-6(8)9/h8,13H,5-7,9-11H2,1-4H3;7H,2-5H2,1H3,(H,8,9). The zero-order chi connectivity index (χ0) is 21.0. The maximum atomic E-state index is 9.90. The monoisotopic (exact) mass is 401 g/mol. The van der Waals surface area contributed by atoms with Gasteiger partial charge >= 0.3 is 6.09 Å². The van der Waals surface area contributed by atoms with Crippen molar-refractivity contribution in [1.82, 2.24) is 5.32 Å². The Morgan fingerprint density at radius 2 is 2.00 bits per heavy atom. The van der Waals surface area contributed by atoms with Gasteiger partial charge in [-0.05, 0) is 40.5 Å². The molecular formula is C21H39NO6. The van der Waals surface area contributed by atoms with Gasteiger partial charge < -0.3 is 29.4 Å². The first kappa shape index (κ1) is 24.9. The number of amides is 1. The van der Waals surface area contributed by atoms with Gasteiger partial charge in [-0.15, -0.1) is 0 Å². The molecule has 1 heterocycles. The summed E-state index contributed by atoms with van der Waals surface area (Å²) in [5, 5.41) is 10.3. The third-order valence-electron chi connectivity index (χ3n) is 5.23. The van der Waals surface area contributed by atoms with E-state index >= 15 is 0 Å². The number of nitrogens with one attached hydrogen (secondary N) is 1. The lowest BCUT2D eigenvalue weighted by Gasteiger charge is -2.40. The fourth-order valence-electron chi connectivity index (χ4n) is 3.63. The van der Waals surface area contributed by atoms with Gasteiger partial charge in [-0.3, -0.25) is 0 Å². The topological polar surface area (TPSA) is 89.5 Å². The van der Waals surface area contributed by atoms with Gasteiger partial charge in [-0.1, -0.05) is 24.5 Å². The van der Waals surface area contributed by atoms with Gasteiger partial charge in [0.2, 0.25) is 0 Å². The van der Waals surface area contributed by atoms with E-state index in [2.05, 4.69) is 39.1 Å². The zero-order valence-corrected chi connectivity index (χ0v) is 18.2. The smallest absolute Gasteiger partial charge is 0.404 e. The molecule has 0 bridgehead atoms. The van der Waals surface area contributed by atoms with Crippen LogP contribution in [0.4, 0.5) is 4.79 Å². The molecule has 0 radical (unpaired) electrons. The summed E-state index contributed by atoms with van der Waals surface area (Å²) in [6, 6.07) is 0. The Kier molecular flexibility index (Phi) is 11.0. The Hall–Kier alpha value is -1.15. The van der Waals surface area contributed by atoms with E-state index in [4.69, 9.17) is 24.1 Å². The fraction of sp³-hybridized carbons (Fsp3) is 0.857. The van der Waals surface area contributed by atoms with E-state index in [0.29, 0.717) is 32.3 Å². The van der Waals surface area contributed by atoms with E-state index in [-0.39, 0.29) is 11.2 Å². The van der Waals surface area contributed by atoms with Crippen LogP contribution in [0.1, 0.15) is 53.4 Å². The maximum Gasteiger partial charge on any atom is 0.404 e. The summed E-state index contributed by atoms with van der Waals surface area (Å²) >= 11 is 0. The number of methoxy groups -OCH3 is 1. The molecule has 2 N–H and O–H groups in total. The molecular weight excluding hydrogens is 362 g/mol. The van der Waals surface area contributed by atoms with E-state index in [0.717, 1.165) is 13.2 Å². The van der Waals surface area contributed by atoms with Crippen LogP contribution in [0, 0.1) is 5.92 Å². The van der Waals surface area contributed by atoms with Crippen LogP contribution in [-0.4, -0.2) is 69.1 Å². The van der Waals surface area contributed by atoms with E-state index < -0.39 is 6.09 Å². The molecule has 7 heteroatoms. The van der Waals surface area contributed by atoms with E-state index in [1.54, 1.807) is 7.11 Å². The number of ether oxygens (including phenoxy) is 4. The molecule has 2 rings (SSSR count). The Labute approximate surface area is 169 Å². The van der Waals surface area contributed by atoms with Crippen molar-refractivity contribution in [2.75, 3.05) is 46.7 Å². The minimum absolute atomic E-state index is 0.0666. The summed E-state index contributed by atoms with van der Waals surface area (Å²) in [6.07, 6.45) is 6.26. The number of carboxylic acid groups (broad SMARTS) is 1. The lowest BCUT2D eigenvalue weighted by atomic mass is 9.71. The average Bonchev–Trinajstić information content (AvgIpc) is 3.37. The van der Waals surface area contributed by atoms with Crippen molar-refractivity contribution in [2.24, 2.45) is 5.92 Å². The molecule has 2 fully saturated rings. The molecule has 0 aromatic carbocycles. The van der Waals surface area contributed by atoms with Crippen molar-refractivity contribution in [3.63, 3.8) is 0 Å². The third kappa shape index (κ3) is 9.37. The highest BCUT2D eigenvalue weighted by atomic mass is 16.6. The highest BCUT2D eigenvalue weighted by molar-refractivity contribution is 5.64. The largest absolute Gasteiger partial charge is 0.465 e. The number of rotatable bonds is 10. The van der Waals surface area contributed by atoms with Gasteiger partial charge in [0.15, 0.2) is 0 Å². The van der Waals surface area contributed by atoms with Crippen LogP contribution in [-0.2, 0) is 18.9 Å². The van der Waals surface area contributed by atoms with Crippen LogP contribution in [0.15, 0.2) is 11.6 Å². The molecule has 7 nitrogen and oxygen atoms in total. The second-order valence-electron chi connectivity index (χ2n) is 8.18. The van der Waals surface area contributed by atoms with Gasteiger partial charge in [-0.2, -0.15) is 0 Å². The molecule has 1 amide bonds. The molecule has 1 aliphatic heterocycles. The molecule has 1 aliphatic carbocycles. The fourth-order valence-corrected chi connectivity index (χ4v) is 3.63.